The lowest BCUT2D eigenvalue weighted by Crippen LogP contribution is -2.43. The van der Waals surface area contributed by atoms with Crippen LogP contribution in [0.25, 0.3) is 66.1 Å². The summed E-state index contributed by atoms with van der Waals surface area (Å²) in [6.07, 6.45) is 8.68. The maximum Gasteiger partial charge on any atom is 0.0891 e. The predicted molar refractivity (Wildman–Crippen MR) is 311 cm³/mol. The van der Waals surface area contributed by atoms with Crippen LogP contribution in [-0.2, 0) is 0 Å². The lowest BCUT2D eigenvalue weighted by molar-refractivity contribution is 0.301. The number of rotatable bonds is 9. The summed E-state index contributed by atoms with van der Waals surface area (Å²) >= 11 is 0. The number of pyridine rings is 3. The van der Waals surface area contributed by atoms with Crippen molar-refractivity contribution in [2.75, 3.05) is 0 Å². The number of benzene rings is 6. The Hall–Kier alpha value is -7.38. The van der Waals surface area contributed by atoms with Crippen LogP contribution in [0.1, 0.15) is 81.6 Å². The molecule has 1 aliphatic rings. The van der Waals surface area contributed by atoms with Crippen molar-refractivity contribution < 1.29 is 0 Å². The Morgan fingerprint density at radius 1 is 0.329 bits per heavy atom. The zero-order valence-electron chi connectivity index (χ0n) is 43.9. The number of fused-ring (bicyclic) bond motifs is 3. The number of hydrogen-bond donors (Lipinski definition) is 0. The van der Waals surface area contributed by atoms with E-state index < -0.39 is 0 Å². The summed E-state index contributed by atoms with van der Waals surface area (Å²) in [6, 6.07) is 57.2. The van der Waals surface area contributed by atoms with Crippen molar-refractivity contribution >= 4 is 74.9 Å². The first kappa shape index (κ1) is 50.6. The molecule has 10 rings (SSSR count). The second kappa shape index (κ2) is 20.6. The van der Waals surface area contributed by atoms with E-state index in [-0.39, 0.29) is 42.4 Å². The van der Waals surface area contributed by atoms with Gasteiger partial charge in [-0.15, -0.1) is 0 Å². The van der Waals surface area contributed by atoms with E-state index >= 15 is 0 Å². The summed E-state index contributed by atoms with van der Waals surface area (Å²) in [5.74, 6) is 0.311. The van der Waals surface area contributed by atoms with Crippen LogP contribution in [0, 0.1) is 34.0 Å². The maximum absolute atomic E-state index is 5.81. The lowest BCUT2D eigenvalue weighted by Gasteiger charge is -2.43. The Morgan fingerprint density at radius 2 is 0.548 bits per heavy atom. The highest BCUT2D eigenvalue weighted by molar-refractivity contribution is 6.07. The van der Waals surface area contributed by atoms with Gasteiger partial charge in [-0.05, 0) is 37.0 Å². The van der Waals surface area contributed by atoms with E-state index in [1.165, 1.54) is 17.1 Å². The molecule has 0 aliphatic heterocycles. The molecule has 0 atom stereocenters. The molecule has 3 heterocycles. The van der Waals surface area contributed by atoms with Gasteiger partial charge in [-0.25, -0.2) is 0 Å². The maximum atomic E-state index is 5.81. The monoisotopic (exact) mass is 954 g/mol. The SMILES string of the molecule is CC(C)(C)C(=Nc1cnc(-c2ccccc2)c2ccccc12)C1CC(C(=Nc2cnc(-c3ccccc3)c3ccccc23)C(C)(C)C)CC(C(=Nc2cnc(-c3ccccc3)c3ccccc23)C(C)(C)C)C1.[B]. The van der Waals surface area contributed by atoms with Crippen molar-refractivity contribution in [2.45, 2.75) is 81.6 Å². The molecule has 0 N–H and O–H groups in total. The van der Waals surface area contributed by atoms with Crippen LogP contribution in [0.3, 0.4) is 0 Å². The molecule has 3 aromatic heterocycles. The Kier molecular flexibility index (Phi) is 14.3. The number of aliphatic imine (C=N–C) groups is 3. The molecular formula is C66H66BN6. The number of hydrogen-bond acceptors (Lipinski definition) is 6. The molecule has 363 valence electrons. The lowest BCUT2D eigenvalue weighted by atomic mass is 9.62. The van der Waals surface area contributed by atoms with E-state index in [0.717, 1.165) is 102 Å². The Morgan fingerprint density at radius 3 is 0.781 bits per heavy atom. The standard InChI is InChI=1S/C66H66N6.B/c1-64(2,3)61(70-55-40-67-58(43-25-13-10-14-26-43)52-34-22-19-31-49(52)55)46-37-47(62(65(4,5)6)71-56-41-68-59(44-27-15-11-16-28-44)53-35-23-20-32-50(53)56)39-48(38-46)63(66(7,8)9)72-57-42-69-60(45-29-17-12-18-30-45)54-36-24-21-33-51(54)57;/h10-36,40-42,46-48H,37-39H2,1-9H3;. The molecule has 7 heteroatoms. The molecule has 0 unspecified atom stereocenters. The minimum absolute atomic E-state index is 0. The van der Waals surface area contributed by atoms with E-state index in [1.807, 2.05) is 18.6 Å². The highest BCUT2D eigenvalue weighted by atomic mass is 14.9. The van der Waals surface area contributed by atoms with Crippen molar-refractivity contribution in [3.8, 4) is 33.8 Å². The molecule has 0 spiro atoms. The Balaban J connectivity index is 0.00000656. The summed E-state index contributed by atoms with van der Waals surface area (Å²) in [5, 5.41) is 6.59. The van der Waals surface area contributed by atoms with E-state index in [0.29, 0.717) is 0 Å². The van der Waals surface area contributed by atoms with Gasteiger partial charge < -0.3 is 0 Å². The molecule has 6 aromatic carbocycles. The highest BCUT2D eigenvalue weighted by Crippen LogP contribution is 2.47. The van der Waals surface area contributed by atoms with Crippen molar-refractivity contribution in [1.82, 2.24) is 15.0 Å². The van der Waals surface area contributed by atoms with Crippen LogP contribution < -0.4 is 0 Å². The Bertz CT molecular complexity index is 3130. The van der Waals surface area contributed by atoms with Gasteiger partial charge in [0.1, 0.15) is 0 Å². The molecule has 0 amide bonds. The number of aromatic nitrogens is 3. The highest BCUT2D eigenvalue weighted by Gasteiger charge is 2.43. The molecule has 0 bridgehead atoms. The fourth-order valence-electron chi connectivity index (χ4n) is 11.3. The summed E-state index contributed by atoms with van der Waals surface area (Å²) in [7, 11) is 0. The van der Waals surface area contributed by atoms with Gasteiger partial charge in [0.15, 0.2) is 0 Å². The van der Waals surface area contributed by atoms with Crippen LogP contribution >= 0.6 is 0 Å². The van der Waals surface area contributed by atoms with Gasteiger partial charge in [-0.1, -0.05) is 226 Å². The third-order valence-corrected chi connectivity index (χ3v) is 14.4. The molecule has 73 heavy (non-hydrogen) atoms. The first-order valence-corrected chi connectivity index (χ1v) is 25.7. The van der Waals surface area contributed by atoms with Crippen molar-refractivity contribution in [3.63, 3.8) is 0 Å². The van der Waals surface area contributed by atoms with Crippen LogP contribution in [0.4, 0.5) is 17.1 Å². The fraction of sp³-hybridized carbons (Fsp3) is 0.273. The van der Waals surface area contributed by atoms with Crippen LogP contribution in [0.15, 0.2) is 197 Å². The largest absolute Gasteiger partial charge is 0.255 e. The molecule has 0 saturated heterocycles. The van der Waals surface area contributed by atoms with Crippen LogP contribution in [-0.4, -0.2) is 40.5 Å². The quantitative estimate of drug-likeness (QED) is 0.107. The molecular weight excluding hydrogens is 888 g/mol. The molecule has 9 aromatic rings. The zero-order chi connectivity index (χ0) is 50.2. The molecule has 6 nitrogen and oxygen atoms in total. The van der Waals surface area contributed by atoms with Crippen LogP contribution in [0.5, 0.6) is 0 Å². The van der Waals surface area contributed by atoms with Gasteiger partial charge in [0.05, 0.1) is 52.7 Å². The summed E-state index contributed by atoms with van der Waals surface area (Å²) in [4.78, 5) is 32.9. The zero-order valence-corrected chi connectivity index (χ0v) is 43.9. The van der Waals surface area contributed by atoms with E-state index in [4.69, 9.17) is 29.9 Å². The summed E-state index contributed by atoms with van der Waals surface area (Å²) in [5.41, 5.74) is 11.6. The van der Waals surface area contributed by atoms with Crippen molar-refractivity contribution in [1.29, 1.82) is 0 Å². The second-order valence-electron chi connectivity index (χ2n) is 22.7. The number of nitrogens with zero attached hydrogens (tertiary/aromatic N) is 6. The topological polar surface area (TPSA) is 75.8 Å². The third-order valence-electron chi connectivity index (χ3n) is 14.4. The van der Waals surface area contributed by atoms with Gasteiger partial charge in [0, 0.05) is 90.8 Å². The van der Waals surface area contributed by atoms with Gasteiger partial charge in [0.2, 0.25) is 0 Å². The first-order valence-electron chi connectivity index (χ1n) is 25.7. The fourth-order valence-corrected chi connectivity index (χ4v) is 11.3. The first-order chi connectivity index (χ1) is 34.6. The van der Waals surface area contributed by atoms with E-state index in [2.05, 4.69) is 226 Å². The van der Waals surface area contributed by atoms with Gasteiger partial charge in [-0.3, -0.25) is 29.9 Å². The third kappa shape index (κ3) is 10.6. The van der Waals surface area contributed by atoms with E-state index in [9.17, 15) is 0 Å². The summed E-state index contributed by atoms with van der Waals surface area (Å²) < 4.78 is 0. The van der Waals surface area contributed by atoms with Crippen LogP contribution in [0.2, 0.25) is 0 Å². The Labute approximate surface area is 434 Å². The van der Waals surface area contributed by atoms with Gasteiger partial charge in [-0.2, -0.15) is 0 Å². The van der Waals surface area contributed by atoms with Gasteiger partial charge in [0.25, 0.3) is 0 Å². The average Bonchev–Trinajstić information content (AvgIpc) is 3.38. The predicted octanol–water partition coefficient (Wildman–Crippen LogP) is 17.7. The minimum Gasteiger partial charge on any atom is -0.255 e. The van der Waals surface area contributed by atoms with Gasteiger partial charge >= 0.3 is 0 Å². The molecule has 1 aliphatic carbocycles. The van der Waals surface area contributed by atoms with E-state index in [1.54, 1.807) is 0 Å². The second-order valence-corrected chi connectivity index (χ2v) is 22.7. The minimum atomic E-state index is -0.269. The van der Waals surface area contributed by atoms with Crippen molar-refractivity contribution in [2.24, 2.45) is 49.0 Å². The summed E-state index contributed by atoms with van der Waals surface area (Å²) in [6.45, 7) is 20.9. The van der Waals surface area contributed by atoms with Crippen molar-refractivity contribution in [3.05, 3.63) is 182 Å². The smallest absolute Gasteiger partial charge is 0.0891 e. The normalized spacial score (nSPS) is 17.2. The molecule has 1 fully saturated rings. The molecule has 1 saturated carbocycles. The average molecular weight is 954 g/mol. The molecule has 3 radical (unpaired) electrons.